The topological polar surface area (TPSA) is 90.0 Å². The highest BCUT2D eigenvalue weighted by Gasteiger charge is 2.06. The zero-order valence-corrected chi connectivity index (χ0v) is 11.3. The molecule has 1 amide bonds. The van der Waals surface area contributed by atoms with Crippen molar-refractivity contribution in [2.24, 2.45) is 5.73 Å². The minimum Gasteiger partial charge on any atom is -0.389 e. The summed E-state index contributed by atoms with van der Waals surface area (Å²) in [7, 11) is 0. The van der Waals surface area contributed by atoms with Crippen LogP contribution in [0, 0.1) is 0 Å². The Morgan fingerprint density at radius 1 is 1.40 bits per heavy atom. The molecule has 3 N–H and O–H groups in total. The van der Waals surface area contributed by atoms with E-state index in [-0.39, 0.29) is 17.4 Å². The molecule has 6 nitrogen and oxygen atoms in total. The number of carbonyl (C=O) groups excluding carboxylic acids is 1. The van der Waals surface area contributed by atoms with Gasteiger partial charge in [0.05, 0.1) is 0 Å². The summed E-state index contributed by atoms with van der Waals surface area (Å²) in [6.07, 6.45) is 2.88. The van der Waals surface area contributed by atoms with Gasteiger partial charge in [0, 0.05) is 23.6 Å². The maximum Gasteiger partial charge on any atom is 0.347 e. The van der Waals surface area contributed by atoms with Crippen LogP contribution in [0.4, 0.5) is 5.69 Å². The average Bonchev–Trinajstić information content (AvgIpc) is 2.41. The predicted octanol–water partition coefficient (Wildman–Crippen LogP) is 0.516. The fourth-order valence-corrected chi connectivity index (χ4v) is 1.74. The Bertz CT molecular complexity index is 711. The van der Waals surface area contributed by atoms with Gasteiger partial charge in [0.25, 0.3) is 0 Å². The van der Waals surface area contributed by atoms with Crippen molar-refractivity contribution in [1.29, 1.82) is 0 Å². The Hall–Kier alpha value is -2.54. The number of hydrogen-bond donors (Lipinski definition) is 2. The van der Waals surface area contributed by atoms with E-state index in [1.807, 2.05) is 0 Å². The third-order valence-corrected chi connectivity index (χ3v) is 2.76. The summed E-state index contributed by atoms with van der Waals surface area (Å²) in [6.45, 7) is -0.107. The van der Waals surface area contributed by atoms with Crippen molar-refractivity contribution in [2.75, 3.05) is 5.32 Å². The Labute approximate surface area is 120 Å². The fraction of sp³-hybridized carbons (Fsp3) is 0.0769. The summed E-state index contributed by atoms with van der Waals surface area (Å²) >= 11 is 4.87. The van der Waals surface area contributed by atoms with Gasteiger partial charge >= 0.3 is 5.69 Å². The maximum atomic E-state index is 11.9. The highest BCUT2D eigenvalue weighted by Crippen LogP contribution is 2.10. The molecule has 0 fully saturated rings. The highest BCUT2D eigenvalue weighted by molar-refractivity contribution is 7.80. The molecule has 2 rings (SSSR count). The first-order chi connectivity index (χ1) is 9.56. The van der Waals surface area contributed by atoms with Crippen molar-refractivity contribution in [3.05, 3.63) is 58.8 Å². The van der Waals surface area contributed by atoms with E-state index >= 15 is 0 Å². The average molecular weight is 288 g/mol. The number of rotatable bonds is 4. The van der Waals surface area contributed by atoms with Gasteiger partial charge in [-0.1, -0.05) is 24.4 Å². The number of nitrogens with one attached hydrogen (secondary N) is 1. The molecule has 102 valence electrons. The van der Waals surface area contributed by atoms with Gasteiger partial charge in [0.15, 0.2) is 0 Å². The van der Waals surface area contributed by atoms with E-state index in [1.165, 1.54) is 17.0 Å². The first kappa shape index (κ1) is 13.9. The highest BCUT2D eigenvalue weighted by atomic mass is 32.1. The minimum atomic E-state index is -0.473. The molecule has 0 aliphatic rings. The number of thiocarbonyl (C=S) groups is 1. The SMILES string of the molecule is NC(=S)c1cccc(NC(=O)Cn2cccnc2=O)c1. The van der Waals surface area contributed by atoms with Crippen LogP contribution in [0.3, 0.4) is 0 Å². The van der Waals surface area contributed by atoms with Crippen LogP contribution >= 0.6 is 12.2 Å². The predicted molar refractivity (Wildman–Crippen MR) is 79.5 cm³/mol. The number of nitrogens with zero attached hydrogens (tertiary/aromatic N) is 2. The molecule has 0 spiro atoms. The number of amides is 1. The summed E-state index contributed by atoms with van der Waals surface area (Å²) in [5.74, 6) is -0.333. The number of nitrogens with two attached hydrogens (primary N) is 1. The number of aromatic nitrogens is 2. The molecule has 0 atom stereocenters. The van der Waals surface area contributed by atoms with Gasteiger partial charge < -0.3 is 11.1 Å². The van der Waals surface area contributed by atoms with Gasteiger partial charge in [-0.15, -0.1) is 0 Å². The van der Waals surface area contributed by atoms with E-state index in [9.17, 15) is 9.59 Å². The van der Waals surface area contributed by atoms with Crippen molar-refractivity contribution >= 4 is 28.8 Å². The molecule has 0 bridgehead atoms. The molecular formula is C13H12N4O2S. The number of anilines is 1. The minimum absolute atomic E-state index is 0.107. The summed E-state index contributed by atoms with van der Waals surface area (Å²) in [6, 6.07) is 8.46. The lowest BCUT2D eigenvalue weighted by molar-refractivity contribution is -0.116. The van der Waals surface area contributed by atoms with E-state index in [4.69, 9.17) is 18.0 Å². The lowest BCUT2D eigenvalue weighted by Crippen LogP contribution is -2.28. The zero-order chi connectivity index (χ0) is 14.5. The van der Waals surface area contributed by atoms with Crippen LogP contribution < -0.4 is 16.7 Å². The van der Waals surface area contributed by atoms with Crippen LogP contribution in [-0.2, 0) is 11.3 Å². The van der Waals surface area contributed by atoms with Crippen molar-refractivity contribution in [3.63, 3.8) is 0 Å². The van der Waals surface area contributed by atoms with Crippen LogP contribution in [0.15, 0.2) is 47.5 Å². The second kappa shape index (κ2) is 6.07. The molecular weight excluding hydrogens is 276 g/mol. The standard InChI is InChI=1S/C13H12N4O2S/c14-12(20)9-3-1-4-10(7-9)16-11(18)8-17-6-2-5-15-13(17)19/h1-7H,8H2,(H2,14,20)(H,16,18). The molecule has 1 aromatic heterocycles. The van der Waals surface area contributed by atoms with Gasteiger partial charge in [-0.25, -0.2) is 9.78 Å². The normalized spacial score (nSPS) is 10.0. The summed E-state index contributed by atoms with van der Waals surface area (Å²) in [5.41, 5.74) is 6.28. The number of hydrogen-bond acceptors (Lipinski definition) is 4. The van der Waals surface area contributed by atoms with E-state index in [2.05, 4.69) is 10.3 Å². The smallest absolute Gasteiger partial charge is 0.347 e. The van der Waals surface area contributed by atoms with Crippen molar-refractivity contribution in [1.82, 2.24) is 9.55 Å². The molecule has 20 heavy (non-hydrogen) atoms. The third-order valence-electron chi connectivity index (χ3n) is 2.53. The summed E-state index contributed by atoms with van der Waals surface area (Å²) in [5, 5.41) is 2.67. The quantitative estimate of drug-likeness (QED) is 0.800. The van der Waals surface area contributed by atoms with Gasteiger partial charge in [0.1, 0.15) is 11.5 Å². The molecule has 1 heterocycles. The molecule has 0 aliphatic heterocycles. The summed E-state index contributed by atoms with van der Waals surface area (Å²) < 4.78 is 1.22. The van der Waals surface area contributed by atoms with E-state index in [0.29, 0.717) is 11.3 Å². The first-order valence-electron chi connectivity index (χ1n) is 5.77. The van der Waals surface area contributed by atoms with Gasteiger partial charge in [-0.05, 0) is 18.2 Å². The van der Waals surface area contributed by atoms with E-state index < -0.39 is 5.69 Å². The van der Waals surface area contributed by atoms with E-state index in [1.54, 1.807) is 30.3 Å². The third kappa shape index (κ3) is 3.48. The lowest BCUT2D eigenvalue weighted by atomic mass is 10.2. The Balaban J connectivity index is 2.09. The maximum absolute atomic E-state index is 11.9. The largest absolute Gasteiger partial charge is 0.389 e. The van der Waals surface area contributed by atoms with E-state index in [0.717, 1.165) is 0 Å². The molecule has 0 saturated heterocycles. The summed E-state index contributed by atoms with van der Waals surface area (Å²) in [4.78, 5) is 27.1. The first-order valence-corrected chi connectivity index (χ1v) is 6.18. The van der Waals surface area contributed by atoms with Crippen LogP contribution in [0.1, 0.15) is 5.56 Å². The number of carbonyl (C=O) groups is 1. The monoisotopic (exact) mass is 288 g/mol. The van der Waals surface area contributed by atoms with Crippen LogP contribution in [0.2, 0.25) is 0 Å². The van der Waals surface area contributed by atoms with Gasteiger partial charge in [-0.2, -0.15) is 0 Å². The molecule has 7 heteroatoms. The second-order valence-electron chi connectivity index (χ2n) is 4.02. The second-order valence-corrected chi connectivity index (χ2v) is 4.46. The molecule has 0 unspecified atom stereocenters. The zero-order valence-electron chi connectivity index (χ0n) is 10.4. The van der Waals surface area contributed by atoms with Crippen molar-refractivity contribution in [2.45, 2.75) is 6.54 Å². The van der Waals surface area contributed by atoms with Crippen LogP contribution in [-0.4, -0.2) is 20.4 Å². The van der Waals surface area contributed by atoms with Crippen LogP contribution in [0.5, 0.6) is 0 Å². The molecule has 2 aromatic rings. The Kier molecular flexibility index (Phi) is 4.21. The van der Waals surface area contributed by atoms with Gasteiger partial charge in [-0.3, -0.25) is 9.36 Å². The van der Waals surface area contributed by atoms with Crippen molar-refractivity contribution in [3.8, 4) is 0 Å². The fourth-order valence-electron chi connectivity index (χ4n) is 1.61. The Morgan fingerprint density at radius 2 is 2.20 bits per heavy atom. The molecule has 0 saturated carbocycles. The van der Waals surface area contributed by atoms with Crippen LogP contribution in [0.25, 0.3) is 0 Å². The lowest BCUT2D eigenvalue weighted by Gasteiger charge is -2.08. The molecule has 0 radical (unpaired) electrons. The molecule has 1 aromatic carbocycles. The Morgan fingerprint density at radius 3 is 2.90 bits per heavy atom. The number of benzene rings is 1. The van der Waals surface area contributed by atoms with Gasteiger partial charge in [0.2, 0.25) is 5.91 Å². The molecule has 0 aliphatic carbocycles. The van der Waals surface area contributed by atoms with Crippen molar-refractivity contribution < 1.29 is 4.79 Å².